The average Bonchev–Trinajstić information content (AvgIpc) is 3.35. The molecule has 2 aromatic carbocycles. The van der Waals surface area contributed by atoms with Gasteiger partial charge in [-0.25, -0.2) is 9.97 Å². The van der Waals surface area contributed by atoms with Crippen LogP contribution in [0.4, 0.5) is 5.13 Å². The van der Waals surface area contributed by atoms with E-state index in [4.69, 9.17) is 4.42 Å². The smallest absolute Gasteiger partial charge is 0.226 e. The first-order valence-corrected chi connectivity index (χ1v) is 10.9. The van der Waals surface area contributed by atoms with Gasteiger partial charge in [0, 0.05) is 43.8 Å². The molecule has 6 nitrogen and oxygen atoms in total. The van der Waals surface area contributed by atoms with E-state index in [1.54, 1.807) is 11.3 Å². The van der Waals surface area contributed by atoms with E-state index in [9.17, 15) is 4.79 Å². The van der Waals surface area contributed by atoms with Crippen LogP contribution in [0.5, 0.6) is 0 Å². The Bertz CT molecular complexity index is 1140. The molecule has 7 heteroatoms. The Labute approximate surface area is 178 Å². The van der Waals surface area contributed by atoms with Crippen LogP contribution < -0.4 is 5.32 Å². The lowest BCUT2D eigenvalue weighted by atomic mass is 10.1. The van der Waals surface area contributed by atoms with Crippen molar-refractivity contribution >= 4 is 33.5 Å². The van der Waals surface area contributed by atoms with Crippen LogP contribution in [-0.2, 0) is 30.7 Å². The molecular formula is C23H22N4O2S. The van der Waals surface area contributed by atoms with E-state index in [2.05, 4.69) is 44.5 Å². The van der Waals surface area contributed by atoms with Crippen molar-refractivity contribution in [3.8, 4) is 0 Å². The summed E-state index contributed by atoms with van der Waals surface area (Å²) in [5, 5.41) is 3.63. The van der Waals surface area contributed by atoms with E-state index in [-0.39, 0.29) is 5.91 Å². The van der Waals surface area contributed by atoms with Gasteiger partial charge in [-0.05, 0) is 17.7 Å². The molecule has 0 spiro atoms. The molecule has 0 bridgehead atoms. The number of nitrogens with one attached hydrogen (secondary N) is 1. The van der Waals surface area contributed by atoms with Gasteiger partial charge in [0.2, 0.25) is 5.91 Å². The summed E-state index contributed by atoms with van der Waals surface area (Å²) in [6.07, 6.45) is 1.70. The predicted molar refractivity (Wildman–Crippen MR) is 117 cm³/mol. The third-order valence-corrected chi connectivity index (χ3v) is 6.21. The van der Waals surface area contributed by atoms with E-state index in [0.717, 1.165) is 42.8 Å². The molecule has 0 unspecified atom stereocenters. The number of anilines is 1. The van der Waals surface area contributed by atoms with E-state index < -0.39 is 0 Å². The van der Waals surface area contributed by atoms with Gasteiger partial charge in [-0.3, -0.25) is 9.69 Å². The highest BCUT2D eigenvalue weighted by Crippen LogP contribution is 2.29. The van der Waals surface area contributed by atoms with Crippen LogP contribution in [-0.4, -0.2) is 27.3 Å². The number of para-hydroxylation sites is 2. The summed E-state index contributed by atoms with van der Waals surface area (Å²) >= 11 is 1.58. The number of aryl methyl sites for hydroxylation is 1. The summed E-state index contributed by atoms with van der Waals surface area (Å²) in [5.41, 5.74) is 4.00. The number of aromatic nitrogens is 2. The number of hydrogen-bond acceptors (Lipinski definition) is 6. The first-order valence-electron chi connectivity index (χ1n) is 10.1. The summed E-state index contributed by atoms with van der Waals surface area (Å²) in [6.45, 7) is 2.79. The number of hydrogen-bond donors (Lipinski definition) is 1. The minimum atomic E-state index is -0.0653. The van der Waals surface area contributed by atoms with Crippen LogP contribution in [0.15, 0.2) is 59.0 Å². The zero-order valence-electron chi connectivity index (χ0n) is 16.5. The Balaban J connectivity index is 1.17. The zero-order valence-corrected chi connectivity index (χ0v) is 17.3. The lowest BCUT2D eigenvalue weighted by Gasteiger charge is -2.25. The number of benzene rings is 2. The van der Waals surface area contributed by atoms with Crippen LogP contribution in [0, 0.1) is 0 Å². The zero-order chi connectivity index (χ0) is 20.3. The number of fused-ring (bicyclic) bond motifs is 2. The third-order valence-electron chi connectivity index (χ3n) is 5.21. The Hall–Kier alpha value is -3.03. The molecule has 5 rings (SSSR count). The SMILES string of the molecule is O=C(CCc1nc2ccccc2o1)Nc1nc2c(s1)CN(Cc1ccccc1)CC2. The lowest BCUT2D eigenvalue weighted by Crippen LogP contribution is -2.29. The summed E-state index contributed by atoms with van der Waals surface area (Å²) in [6, 6.07) is 18.1. The largest absolute Gasteiger partial charge is 0.441 e. The van der Waals surface area contributed by atoms with Crippen LogP contribution in [0.3, 0.4) is 0 Å². The molecule has 2 aromatic heterocycles. The number of oxazole rings is 1. The summed E-state index contributed by atoms with van der Waals surface area (Å²) in [4.78, 5) is 25.1. The maximum absolute atomic E-state index is 12.4. The van der Waals surface area contributed by atoms with Gasteiger partial charge in [-0.2, -0.15) is 0 Å². The minimum Gasteiger partial charge on any atom is -0.441 e. The van der Waals surface area contributed by atoms with Crippen LogP contribution in [0.25, 0.3) is 11.1 Å². The van der Waals surface area contributed by atoms with Crippen molar-refractivity contribution in [3.63, 3.8) is 0 Å². The van der Waals surface area contributed by atoms with Gasteiger partial charge in [-0.15, -0.1) is 11.3 Å². The first kappa shape index (κ1) is 19.0. The van der Waals surface area contributed by atoms with Gasteiger partial charge < -0.3 is 9.73 Å². The quantitative estimate of drug-likeness (QED) is 0.502. The number of nitrogens with zero attached hydrogens (tertiary/aromatic N) is 3. The van der Waals surface area contributed by atoms with E-state index in [1.165, 1.54) is 10.4 Å². The van der Waals surface area contributed by atoms with Gasteiger partial charge in [-0.1, -0.05) is 42.5 Å². The van der Waals surface area contributed by atoms with Crippen molar-refractivity contribution in [2.75, 3.05) is 11.9 Å². The Kier molecular flexibility index (Phi) is 5.29. The van der Waals surface area contributed by atoms with E-state index in [0.29, 0.717) is 23.9 Å². The van der Waals surface area contributed by atoms with Crippen LogP contribution in [0.2, 0.25) is 0 Å². The summed E-state index contributed by atoms with van der Waals surface area (Å²) in [7, 11) is 0. The van der Waals surface area contributed by atoms with Crippen molar-refractivity contribution in [1.29, 1.82) is 0 Å². The van der Waals surface area contributed by atoms with Crippen molar-refractivity contribution in [2.45, 2.75) is 32.4 Å². The average molecular weight is 419 g/mol. The number of thiazole rings is 1. The second-order valence-electron chi connectivity index (χ2n) is 7.46. The van der Waals surface area contributed by atoms with E-state index in [1.807, 2.05) is 30.3 Å². The Morgan fingerprint density at radius 3 is 2.80 bits per heavy atom. The molecule has 1 N–H and O–H groups in total. The topological polar surface area (TPSA) is 71.3 Å². The normalized spacial score (nSPS) is 14.0. The predicted octanol–water partition coefficient (Wildman–Crippen LogP) is 4.41. The van der Waals surface area contributed by atoms with Gasteiger partial charge >= 0.3 is 0 Å². The van der Waals surface area contributed by atoms with Gasteiger partial charge in [0.25, 0.3) is 0 Å². The highest BCUT2D eigenvalue weighted by Gasteiger charge is 2.21. The molecule has 30 heavy (non-hydrogen) atoms. The van der Waals surface area contributed by atoms with Gasteiger partial charge in [0.1, 0.15) is 5.52 Å². The molecule has 0 atom stereocenters. The second-order valence-corrected chi connectivity index (χ2v) is 8.54. The van der Waals surface area contributed by atoms with Crippen molar-refractivity contribution in [3.05, 3.63) is 76.6 Å². The number of carbonyl (C=O) groups excluding carboxylic acids is 1. The summed E-state index contributed by atoms with van der Waals surface area (Å²) in [5.74, 6) is 0.519. The molecule has 1 aliphatic heterocycles. The fourth-order valence-corrected chi connectivity index (χ4v) is 4.77. The highest BCUT2D eigenvalue weighted by atomic mass is 32.1. The lowest BCUT2D eigenvalue weighted by molar-refractivity contribution is -0.116. The molecule has 3 heterocycles. The fourth-order valence-electron chi connectivity index (χ4n) is 3.71. The monoisotopic (exact) mass is 418 g/mol. The molecule has 1 aliphatic rings. The first-order chi connectivity index (χ1) is 14.7. The molecule has 0 saturated heterocycles. The van der Waals surface area contributed by atoms with Crippen molar-refractivity contribution in [1.82, 2.24) is 14.9 Å². The van der Waals surface area contributed by atoms with Gasteiger partial charge in [0.15, 0.2) is 16.6 Å². The number of amides is 1. The third kappa shape index (κ3) is 4.27. The molecule has 152 valence electrons. The van der Waals surface area contributed by atoms with Crippen molar-refractivity contribution < 1.29 is 9.21 Å². The van der Waals surface area contributed by atoms with Crippen LogP contribution in [0.1, 0.15) is 28.4 Å². The maximum atomic E-state index is 12.4. The van der Waals surface area contributed by atoms with Crippen molar-refractivity contribution in [2.24, 2.45) is 0 Å². The maximum Gasteiger partial charge on any atom is 0.226 e. The molecule has 0 saturated carbocycles. The Morgan fingerprint density at radius 1 is 1.10 bits per heavy atom. The molecular weight excluding hydrogens is 396 g/mol. The molecule has 0 aliphatic carbocycles. The molecule has 0 radical (unpaired) electrons. The minimum absolute atomic E-state index is 0.0653. The van der Waals surface area contributed by atoms with Crippen LogP contribution >= 0.6 is 11.3 Å². The van der Waals surface area contributed by atoms with Gasteiger partial charge in [0.05, 0.1) is 5.69 Å². The Morgan fingerprint density at radius 2 is 1.93 bits per heavy atom. The number of carbonyl (C=O) groups is 1. The molecule has 4 aromatic rings. The summed E-state index contributed by atoms with van der Waals surface area (Å²) < 4.78 is 5.69. The molecule has 1 amide bonds. The fraction of sp³-hybridized carbons (Fsp3) is 0.261. The standard InChI is InChI=1S/C23H22N4O2S/c28-21(10-11-22-24-17-8-4-5-9-19(17)29-22)26-23-25-18-12-13-27(15-20(18)30-23)14-16-6-2-1-3-7-16/h1-9H,10-15H2,(H,25,26,28). The second kappa shape index (κ2) is 8.38. The molecule has 0 fully saturated rings. The number of rotatable bonds is 6. The van der Waals surface area contributed by atoms with E-state index >= 15 is 0 Å². The highest BCUT2D eigenvalue weighted by molar-refractivity contribution is 7.15.